The van der Waals surface area contributed by atoms with Crippen molar-refractivity contribution in [2.75, 3.05) is 47.5 Å². The Morgan fingerprint density at radius 2 is 0.581 bits per heavy atom. The summed E-state index contributed by atoms with van der Waals surface area (Å²) in [6.45, 7) is 4.53. The van der Waals surface area contributed by atoms with Gasteiger partial charge in [-0.15, -0.1) is 0 Å². The van der Waals surface area contributed by atoms with Gasteiger partial charge < -0.3 is 33.3 Å². The van der Waals surface area contributed by atoms with E-state index in [-0.39, 0.29) is 38.6 Å². The molecule has 0 amide bonds. The summed E-state index contributed by atoms with van der Waals surface area (Å²) < 4.78 is 22.8. The molecule has 0 bridgehead atoms. The van der Waals surface area contributed by atoms with Crippen LogP contribution in [0.1, 0.15) is 309 Å². The number of aliphatic carboxylic acids is 1. The number of hydrogen-bond donors (Lipinski definition) is 0. The van der Waals surface area contributed by atoms with E-state index < -0.39 is 24.3 Å². The van der Waals surface area contributed by atoms with Gasteiger partial charge in [-0.2, -0.15) is 0 Å². The molecule has 2 atom stereocenters. The minimum Gasteiger partial charge on any atom is -0.545 e. The maximum absolute atomic E-state index is 13.0. The second-order valence-corrected chi connectivity index (χ2v) is 26.2. The van der Waals surface area contributed by atoms with Crippen molar-refractivity contribution in [3.63, 3.8) is 0 Å². The van der Waals surface area contributed by atoms with Crippen molar-refractivity contribution in [2.24, 2.45) is 0 Å². The molecule has 0 aromatic rings. The minimum atomic E-state index is -1.63. The fourth-order valence-corrected chi connectivity index (χ4v) is 10.4. The van der Waals surface area contributed by atoms with E-state index in [2.05, 4.69) is 160 Å². The van der Waals surface area contributed by atoms with Crippen molar-refractivity contribution >= 4 is 17.9 Å². The van der Waals surface area contributed by atoms with Crippen LogP contribution in [0.5, 0.6) is 0 Å². The lowest BCUT2D eigenvalue weighted by Crippen LogP contribution is -2.44. The molecule has 2 unspecified atom stereocenters. The highest BCUT2D eigenvalue weighted by Crippen LogP contribution is 2.18. The summed E-state index contributed by atoms with van der Waals surface area (Å²) in [4.78, 5) is 37.6. The smallest absolute Gasteiger partial charge is 0.306 e. The molecule has 530 valence electrons. The molecule has 0 aromatic carbocycles. The number of carbonyl (C=O) groups is 3. The van der Waals surface area contributed by atoms with Crippen LogP contribution < -0.4 is 5.11 Å². The Morgan fingerprint density at radius 1 is 0.323 bits per heavy atom. The van der Waals surface area contributed by atoms with E-state index >= 15 is 0 Å². The van der Waals surface area contributed by atoms with Crippen molar-refractivity contribution < 1.29 is 42.9 Å². The lowest BCUT2D eigenvalue weighted by Gasteiger charge is -2.26. The van der Waals surface area contributed by atoms with Crippen LogP contribution in [0.2, 0.25) is 0 Å². The number of quaternary nitrogens is 1. The van der Waals surface area contributed by atoms with Crippen LogP contribution in [0, 0.1) is 0 Å². The molecule has 93 heavy (non-hydrogen) atoms. The topological polar surface area (TPSA) is 111 Å². The van der Waals surface area contributed by atoms with Crippen molar-refractivity contribution in [1.82, 2.24) is 0 Å². The highest BCUT2D eigenvalue weighted by Gasteiger charge is 2.22. The zero-order valence-electron chi connectivity index (χ0n) is 60.6. The number of hydrogen-bond acceptors (Lipinski definition) is 8. The molecule has 0 aliphatic carbocycles. The fraction of sp³-hybridized carbons (Fsp3) is 0.679. The van der Waals surface area contributed by atoms with Crippen LogP contribution in [-0.2, 0) is 33.3 Å². The molecule has 0 aromatic heterocycles. The number of allylic oxidation sites excluding steroid dienone is 24. The largest absolute Gasteiger partial charge is 0.545 e. The Hall–Kier alpha value is -4.83. The maximum atomic E-state index is 13.0. The lowest BCUT2D eigenvalue weighted by atomic mass is 10.0. The van der Waals surface area contributed by atoms with E-state index in [0.29, 0.717) is 17.4 Å². The predicted octanol–water partition coefficient (Wildman–Crippen LogP) is 22.9. The molecule has 0 aliphatic rings. The zero-order chi connectivity index (χ0) is 67.5. The van der Waals surface area contributed by atoms with Crippen LogP contribution >= 0.6 is 0 Å². The quantitative estimate of drug-likeness (QED) is 0.0195. The summed E-state index contributed by atoms with van der Waals surface area (Å²) in [6.07, 6.45) is 104. The Kier molecular flexibility index (Phi) is 69.2. The molecule has 9 nitrogen and oxygen atoms in total. The van der Waals surface area contributed by atoms with Crippen LogP contribution in [0.15, 0.2) is 146 Å². The van der Waals surface area contributed by atoms with E-state index in [4.69, 9.17) is 18.9 Å². The van der Waals surface area contributed by atoms with Gasteiger partial charge in [0.25, 0.3) is 0 Å². The first-order valence-electron chi connectivity index (χ1n) is 38.0. The Balaban J connectivity index is 4.05. The first kappa shape index (κ1) is 88.2. The standard InChI is InChI=1S/C84H141NO8/c1-6-8-10-12-14-16-18-20-22-24-26-28-30-32-34-35-36-37-38-39-40-41-42-43-44-45-46-47-49-51-53-55-57-59-61-63-65-67-69-71-73-75-82(87)93-80(79-92-84(83(88)89)90-77-76-85(3,4)5)78-91-81(86)74-72-70-68-66-64-62-60-58-56-54-52-50-48-33-31-29-27-25-23-21-19-17-15-13-11-9-7-2/h8-11,14-17,20-23,26-29,32-34,36-37,48,52,54,80,84H,6-7,12-13,18-19,24-25,30-31,35,38-47,49-51,53,55-79H2,1-5H3/b10-8-,11-9-,16-14-,17-15-,22-20-,23-21-,28-26-,29-27-,34-32-,37-36-,48-33-,54-52-. The monoisotopic (exact) mass is 1290 g/mol. The summed E-state index contributed by atoms with van der Waals surface area (Å²) >= 11 is 0. The Morgan fingerprint density at radius 3 is 0.860 bits per heavy atom. The van der Waals surface area contributed by atoms with E-state index in [1.807, 2.05) is 21.1 Å². The van der Waals surface area contributed by atoms with Gasteiger partial charge in [0.2, 0.25) is 0 Å². The first-order chi connectivity index (χ1) is 45.6. The Labute approximate surface area is 572 Å². The van der Waals surface area contributed by atoms with Gasteiger partial charge in [0.1, 0.15) is 13.2 Å². The molecule has 0 saturated heterocycles. The number of carboxylic acids is 1. The third-order valence-electron chi connectivity index (χ3n) is 16.1. The van der Waals surface area contributed by atoms with Crippen LogP contribution in [0.25, 0.3) is 0 Å². The minimum absolute atomic E-state index is 0.142. The SMILES string of the molecule is CC/C=C\C/C=C\C/C=C\C/C=C\C/C=C\C/C=C\CCCCCCCCCCCCCCCCCCCCCCCCC(=O)OC(COC(=O)CCCCCCCCCC/C=C\C/C=C\C/C=C\C/C=C\C/C=C\C/C=C\CC)COC(OCC[N+](C)(C)C)C(=O)[O-]. The highest BCUT2D eigenvalue weighted by atomic mass is 16.7. The second-order valence-electron chi connectivity index (χ2n) is 26.2. The third-order valence-corrected chi connectivity index (χ3v) is 16.1. The molecule has 0 radical (unpaired) electrons. The summed E-state index contributed by atoms with van der Waals surface area (Å²) in [6, 6.07) is 0. The van der Waals surface area contributed by atoms with Crippen molar-refractivity contribution in [1.29, 1.82) is 0 Å². The van der Waals surface area contributed by atoms with Crippen molar-refractivity contribution in [3.8, 4) is 0 Å². The van der Waals surface area contributed by atoms with Crippen LogP contribution in [-0.4, -0.2) is 82.3 Å². The summed E-state index contributed by atoms with van der Waals surface area (Å²) in [7, 11) is 5.93. The van der Waals surface area contributed by atoms with Gasteiger partial charge in [0.15, 0.2) is 12.4 Å². The number of ether oxygens (including phenoxy) is 4. The number of esters is 2. The summed E-state index contributed by atoms with van der Waals surface area (Å²) in [5.41, 5.74) is 0. The number of unbranched alkanes of at least 4 members (excludes halogenated alkanes) is 30. The van der Waals surface area contributed by atoms with Gasteiger partial charge >= 0.3 is 11.9 Å². The van der Waals surface area contributed by atoms with E-state index in [1.165, 1.54) is 148 Å². The van der Waals surface area contributed by atoms with Gasteiger partial charge in [0.05, 0.1) is 40.3 Å². The molecule has 9 heteroatoms. The summed E-state index contributed by atoms with van der Waals surface area (Å²) in [5, 5.41) is 11.8. The van der Waals surface area contributed by atoms with E-state index in [0.717, 1.165) is 128 Å². The van der Waals surface area contributed by atoms with E-state index in [9.17, 15) is 19.5 Å². The van der Waals surface area contributed by atoms with Gasteiger partial charge in [-0.25, -0.2) is 0 Å². The molecular weight excluding hydrogens is 1150 g/mol. The highest BCUT2D eigenvalue weighted by molar-refractivity contribution is 5.70. The number of carboxylic acid groups (broad SMARTS) is 1. The lowest BCUT2D eigenvalue weighted by molar-refractivity contribution is -0.870. The number of nitrogens with zero attached hydrogens (tertiary/aromatic N) is 1. The predicted molar refractivity (Wildman–Crippen MR) is 398 cm³/mol. The second kappa shape index (κ2) is 73.0. The summed E-state index contributed by atoms with van der Waals surface area (Å²) in [5.74, 6) is -2.29. The molecule has 0 spiro atoms. The van der Waals surface area contributed by atoms with Gasteiger partial charge in [0, 0.05) is 12.8 Å². The van der Waals surface area contributed by atoms with E-state index in [1.54, 1.807) is 0 Å². The normalized spacial score (nSPS) is 13.5. The van der Waals surface area contributed by atoms with Gasteiger partial charge in [-0.3, -0.25) is 9.59 Å². The van der Waals surface area contributed by atoms with Crippen LogP contribution in [0.4, 0.5) is 0 Å². The molecule has 0 aliphatic heterocycles. The van der Waals surface area contributed by atoms with Gasteiger partial charge in [-0.1, -0.05) is 327 Å². The first-order valence-corrected chi connectivity index (χ1v) is 38.0. The number of rotatable bonds is 69. The van der Waals surface area contributed by atoms with Crippen molar-refractivity contribution in [2.45, 2.75) is 322 Å². The molecule has 0 rings (SSSR count). The average Bonchev–Trinajstić information content (AvgIpc) is 3.38. The van der Waals surface area contributed by atoms with Gasteiger partial charge in [-0.05, 0) is 116 Å². The maximum Gasteiger partial charge on any atom is 0.306 e. The third kappa shape index (κ3) is 74.4. The number of carbonyl (C=O) groups excluding carboxylic acids is 3. The molecule has 0 heterocycles. The van der Waals surface area contributed by atoms with Crippen LogP contribution in [0.3, 0.4) is 0 Å². The average molecular weight is 1290 g/mol. The molecule has 0 N–H and O–H groups in total. The number of likely N-dealkylation sites (N-methyl/N-ethyl adjacent to an activating group) is 1. The Bertz CT molecular complexity index is 2040. The fourth-order valence-electron chi connectivity index (χ4n) is 10.4. The molecular formula is C84H141NO8. The molecule has 0 fully saturated rings. The van der Waals surface area contributed by atoms with Crippen molar-refractivity contribution in [3.05, 3.63) is 146 Å². The molecule has 0 saturated carbocycles. The zero-order valence-corrected chi connectivity index (χ0v) is 60.6.